The number of rotatable bonds is 4. The zero-order chi connectivity index (χ0) is 18.8. The second-order valence-electron chi connectivity index (χ2n) is 5.91. The molecule has 27 heavy (non-hydrogen) atoms. The molecule has 0 spiro atoms. The highest BCUT2D eigenvalue weighted by atomic mass is 32.2. The molecule has 3 heterocycles. The number of amides is 2. The zero-order valence-corrected chi connectivity index (χ0v) is 15.3. The number of nitrogens with one attached hydrogen (secondary N) is 1. The van der Waals surface area contributed by atoms with Gasteiger partial charge in [0.05, 0.1) is 11.4 Å². The van der Waals surface area contributed by atoms with Gasteiger partial charge < -0.3 is 4.90 Å². The number of H-pyrrole nitrogens is 1. The Labute approximate surface area is 159 Å². The molecule has 0 aliphatic carbocycles. The van der Waals surface area contributed by atoms with Crippen LogP contribution in [-0.4, -0.2) is 51.3 Å². The van der Waals surface area contributed by atoms with E-state index in [9.17, 15) is 9.59 Å². The summed E-state index contributed by atoms with van der Waals surface area (Å²) < 4.78 is 0. The smallest absolute Gasteiger partial charge is 0.251 e. The number of thioether (sulfide) groups is 1. The van der Waals surface area contributed by atoms with E-state index in [1.165, 1.54) is 21.6 Å². The number of anilines is 2. The van der Waals surface area contributed by atoms with Crippen LogP contribution in [0.5, 0.6) is 0 Å². The average Bonchev–Trinajstić information content (AvgIpc) is 3.20. The van der Waals surface area contributed by atoms with Crippen LogP contribution in [0, 0.1) is 0 Å². The van der Waals surface area contributed by atoms with Crippen molar-refractivity contribution in [2.75, 3.05) is 29.1 Å². The van der Waals surface area contributed by atoms with Crippen molar-refractivity contribution in [3.8, 4) is 11.4 Å². The molecule has 0 saturated carbocycles. The van der Waals surface area contributed by atoms with E-state index in [1.807, 2.05) is 30.3 Å². The predicted molar refractivity (Wildman–Crippen MR) is 103 cm³/mol. The van der Waals surface area contributed by atoms with E-state index in [2.05, 4.69) is 20.2 Å². The largest absolute Gasteiger partial charge is 0.301 e. The fourth-order valence-corrected chi connectivity index (χ4v) is 3.65. The third-order valence-electron chi connectivity index (χ3n) is 4.18. The molecule has 9 heteroatoms. The number of carbonyl (C=O) groups excluding carboxylic acids is 2. The fraction of sp³-hybridized carbons (Fsp3) is 0.167. The lowest BCUT2D eigenvalue weighted by Crippen LogP contribution is -2.44. The van der Waals surface area contributed by atoms with Gasteiger partial charge in [0.15, 0.2) is 5.82 Å². The van der Waals surface area contributed by atoms with Crippen LogP contribution in [0.4, 0.5) is 11.6 Å². The molecule has 0 saturated heterocycles. The van der Waals surface area contributed by atoms with Crippen molar-refractivity contribution in [2.45, 2.75) is 4.90 Å². The van der Waals surface area contributed by atoms with Gasteiger partial charge in [-0.25, -0.2) is 0 Å². The molecule has 3 aromatic rings. The molecule has 2 aromatic heterocycles. The van der Waals surface area contributed by atoms with Gasteiger partial charge in [0.25, 0.3) is 5.95 Å². The summed E-state index contributed by atoms with van der Waals surface area (Å²) >= 11 is 1.48. The number of hydrogen-bond acceptors (Lipinski definition) is 6. The Kier molecular flexibility index (Phi) is 4.59. The van der Waals surface area contributed by atoms with Crippen LogP contribution in [0.3, 0.4) is 0 Å². The quantitative estimate of drug-likeness (QED) is 0.744. The highest BCUT2D eigenvalue weighted by Crippen LogP contribution is 2.34. The van der Waals surface area contributed by atoms with Gasteiger partial charge in [-0.05, 0) is 24.3 Å². The molecule has 2 amide bonds. The second-order valence-corrected chi connectivity index (χ2v) is 6.93. The molecule has 0 fully saturated rings. The van der Waals surface area contributed by atoms with Gasteiger partial charge >= 0.3 is 0 Å². The van der Waals surface area contributed by atoms with Gasteiger partial charge in [0, 0.05) is 29.9 Å². The molecule has 4 rings (SSSR count). The van der Waals surface area contributed by atoms with E-state index in [-0.39, 0.29) is 24.3 Å². The van der Waals surface area contributed by atoms with Crippen LogP contribution in [0.2, 0.25) is 0 Å². The minimum atomic E-state index is -0.276. The lowest BCUT2D eigenvalue weighted by molar-refractivity contribution is -0.121. The molecule has 0 atom stereocenters. The summed E-state index contributed by atoms with van der Waals surface area (Å²) in [4.78, 5) is 37.3. The van der Waals surface area contributed by atoms with Gasteiger partial charge in [-0.1, -0.05) is 12.1 Å². The molecule has 1 aromatic carbocycles. The lowest BCUT2D eigenvalue weighted by Gasteiger charge is -2.29. The van der Waals surface area contributed by atoms with E-state index in [0.717, 1.165) is 16.1 Å². The van der Waals surface area contributed by atoms with Crippen molar-refractivity contribution in [1.29, 1.82) is 0 Å². The summed E-state index contributed by atoms with van der Waals surface area (Å²) in [5.74, 6) is 0.715. The number of pyridine rings is 1. The van der Waals surface area contributed by atoms with Crippen molar-refractivity contribution in [1.82, 2.24) is 20.2 Å². The maximum atomic E-state index is 12.7. The first-order valence-electron chi connectivity index (χ1n) is 8.25. The lowest BCUT2D eigenvalue weighted by atomic mass is 10.2. The average molecular weight is 380 g/mol. The van der Waals surface area contributed by atoms with E-state index < -0.39 is 0 Å². The van der Waals surface area contributed by atoms with Crippen LogP contribution >= 0.6 is 11.8 Å². The number of carbonyl (C=O) groups is 2. The number of benzene rings is 1. The number of hydrogen-bond donors (Lipinski definition) is 1. The van der Waals surface area contributed by atoms with E-state index >= 15 is 0 Å². The Balaban J connectivity index is 1.52. The van der Waals surface area contributed by atoms with Crippen molar-refractivity contribution in [3.05, 3.63) is 48.8 Å². The SMILES string of the molecule is CN(C(=O)CN1C(=O)CSc2ccccc21)c1n[nH]c(-c2cccnc2)n1. The van der Waals surface area contributed by atoms with Crippen molar-refractivity contribution in [2.24, 2.45) is 0 Å². The third kappa shape index (κ3) is 3.41. The maximum Gasteiger partial charge on any atom is 0.251 e. The Morgan fingerprint density at radius 1 is 1.30 bits per heavy atom. The van der Waals surface area contributed by atoms with E-state index in [1.54, 1.807) is 25.5 Å². The van der Waals surface area contributed by atoms with Crippen LogP contribution in [0.1, 0.15) is 0 Å². The molecule has 8 nitrogen and oxygen atoms in total. The second kappa shape index (κ2) is 7.20. The number of fused-ring (bicyclic) bond motifs is 1. The van der Waals surface area contributed by atoms with Crippen molar-refractivity contribution in [3.63, 3.8) is 0 Å². The zero-order valence-electron chi connectivity index (χ0n) is 14.5. The van der Waals surface area contributed by atoms with E-state index in [4.69, 9.17) is 0 Å². The number of para-hydroxylation sites is 1. The van der Waals surface area contributed by atoms with Gasteiger partial charge in [0.1, 0.15) is 6.54 Å². The molecule has 1 N–H and O–H groups in total. The first-order chi connectivity index (χ1) is 13.1. The van der Waals surface area contributed by atoms with Crippen molar-refractivity contribution < 1.29 is 9.59 Å². The molecule has 1 aliphatic rings. The topological polar surface area (TPSA) is 95.1 Å². The third-order valence-corrected chi connectivity index (χ3v) is 5.23. The maximum absolute atomic E-state index is 12.7. The summed E-state index contributed by atoms with van der Waals surface area (Å²) in [5, 5.41) is 6.91. The predicted octanol–water partition coefficient (Wildman–Crippen LogP) is 1.97. The van der Waals surface area contributed by atoms with Crippen molar-refractivity contribution >= 4 is 35.2 Å². The Hall–Kier alpha value is -3.20. The summed E-state index contributed by atoms with van der Waals surface area (Å²) in [6, 6.07) is 11.2. The Morgan fingerprint density at radius 3 is 2.96 bits per heavy atom. The summed E-state index contributed by atoms with van der Waals surface area (Å²) in [6.07, 6.45) is 3.33. The van der Waals surface area contributed by atoms with Crippen LogP contribution in [0.15, 0.2) is 53.7 Å². The molecule has 136 valence electrons. The number of aromatic nitrogens is 4. The van der Waals surface area contributed by atoms with E-state index in [0.29, 0.717) is 11.6 Å². The standard InChI is InChI=1S/C18H16N6O2S/c1-23(18-20-17(21-22-18)12-5-4-8-19-9-12)15(25)10-24-13-6-2-3-7-14(13)27-11-16(24)26/h2-9H,10-11H2,1H3,(H,20,21,22). The summed E-state index contributed by atoms with van der Waals surface area (Å²) in [5.41, 5.74) is 1.53. The Morgan fingerprint density at radius 2 is 2.15 bits per heavy atom. The normalized spacial score (nSPS) is 13.4. The number of nitrogens with zero attached hydrogens (tertiary/aromatic N) is 5. The number of aromatic amines is 1. The van der Waals surface area contributed by atoms with Gasteiger partial charge in [0.2, 0.25) is 11.8 Å². The van der Waals surface area contributed by atoms with Gasteiger partial charge in [-0.3, -0.25) is 24.6 Å². The first kappa shape index (κ1) is 17.2. The highest BCUT2D eigenvalue weighted by molar-refractivity contribution is 8.00. The van der Waals surface area contributed by atoms with Crippen LogP contribution in [0.25, 0.3) is 11.4 Å². The van der Waals surface area contributed by atoms with Crippen LogP contribution in [-0.2, 0) is 9.59 Å². The van der Waals surface area contributed by atoms with Gasteiger partial charge in [-0.2, -0.15) is 4.98 Å². The molecule has 0 radical (unpaired) electrons. The summed E-state index contributed by atoms with van der Waals surface area (Å²) in [7, 11) is 1.59. The molecule has 1 aliphatic heterocycles. The minimum Gasteiger partial charge on any atom is -0.301 e. The fourth-order valence-electron chi connectivity index (χ4n) is 2.72. The first-order valence-corrected chi connectivity index (χ1v) is 9.23. The van der Waals surface area contributed by atoms with Gasteiger partial charge in [-0.15, -0.1) is 16.9 Å². The Bertz CT molecular complexity index is 990. The monoisotopic (exact) mass is 380 g/mol. The van der Waals surface area contributed by atoms with Crippen LogP contribution < -0.4 is 9.80 Å². The number of likely N-dealkylation sites (N-methyl/N-ethyl adjacent to an activating group) is 1. The summed E-state index contributed by atoms with van der Waals surface area (Å²) in [6.45, 7) is -0.0658. The molecular formula is C18H16N6O2S. The molecular weight excluding hydrogens is 364 g/mol. The molecule has 0 bridgehead atoms. The minimum absolute atomic E-state index is 0.0658. The highest BCUT2D eigenvalue weighted by Gasteiger charge is 2.28. The molecule has 0 unspecified atom stereocenters.